The van der Waals surface area contributed by atoms with E-state index in [1.165, 1.54) is 0 Å². The van der Waals surface area contributed by atoms with Crippen LogP contribution in [0.5, 0.6) is 0 Å². The van der Waals surface area contributed by atoms with Crippen LogP contribution in [0, 0.1) is 0 Å². The van der Waals surface area contributed by atoms with Gasteiger partial charge >= 0.3 is 0 Å². The molecule has 1 N–H and O–H groups in total. The van der Waals surface area contributed by atoms with Gasteiger partial charge in [0, 0.05) is 26.1 Å². The van der Waals surface area contributed by atoms with E-state index in [9.17, 15) is 0 Å². The van der Waals surface area contributed by atoms with E-state index in [2.05, 4.69) is 36.3 Å². The highest BCUT2D eigenvalue weighted by Crippen LogP contribution is 2.11. The minimum atomic E-state index is 0.300. The molecule has 1 fully saturated rings. The fourth-order valence-electron chi connectivity index (χ4n) is 2.11. The first-order valence-electron chi connectivity index (χ1n) is 6.36. The Morgan fingerprint density at radius 3 is 2.88 bits per heavy atom. The fraction of sp³-hybridized carbons (Fsp3) is 0.692. The number of likely N-dealkylation sites (N-methyl/N-ethyl adjacent to an activating group) is 1. The minimum Gasteiger partial charge on any atom is -0.465 e. The van der Waals surface area contributed by atoms with Crippen molar-refractivity contribution in [3.05, 3.63) is 23.7 Å². The Labute approximate surface area is 103 Å². The Balaban J connectivity index is 1.77. The second-order valence-electron chi connectivity index (χ2n) is 4.62. The van der Waals surface area contributed by atoms with Gasteiger partial charge in [0.05, 0.1) is 19.3 Å². The van der Waals surface area contributed by atoms with Crippen molar-refractivity contribution < 1.29 is 9.15 Å². The van der Waals surface area contributed by atoms with Gasteiger partial charge in [-0.25, -0.2) is 0 Å². The molecule has 4 heteroatoms. The predicted molar refractivity (Wildman–Crippen MR) is 67.0 cm³/mol. The quantitative estimate of drug-likeness (QED) is 0.838. The molecule has 2 heterocycles. The lowest BCUT2D eigenvalue weighted by atomic mass is 10.3. The Bertz CT molecular complexity index is 332. The number of aryl methyl sites for hydroxylation is 1. The second kappa shape index (κ2) is 6.19. The third kappa shape index (κ3) is 3.84. The molecule has 1 atom stereocenters. The van der Waals surface area contributed by atoms with Gasteiger partial charge in [0.1, 0.15) is 11.5 Å². The molecule has 1 aliphatic rings. The molecule has 1 aromatic heterocycles. The van der Waals surface area contributed by atoms with Crippen molar-refractivity contribution in [2.24, 2.45) is 0 Å². The number of hydrogen-bond donors (Lipinski definition) is 1. The zero-order valence-corrected chi connectivity index (χ0v) is 10.7. The molecule has 17 heavy (non-hydrogen) atoms. The first kappa shape index (κ1) is 12.6. The van der Waals surface area contributed by atoms with E-state index >= 15 is 0 Å². The highest BCUT2D eigenvalue weighted by molar-refractivity contribution is 5.06. The molecule has 1 unspecified atom stereocenters. The molecule has 0 aromatic carbocycles. The van der Waals surface area contributed by atoms with E-state index < -0.39 is 0 Å². The lowest BCUT2D eigenvalue weighted by Crippen LogP contribution is -2.44. The van der Waals surface area contributed by atoms with Gasteiger partial charge in [-0.3, -0.25) is 4.90 Å². The SMILES string of the molecule is CCc1ccc(CN(C)CC2CNCCO2)o1. The van der Waals surface area contributed by atoms with Crippen LogP contribution in [0.1, 0.15) is 18.4 Å². The molecule has 1 saturated heterocycles. The van der Waals surface area contributed by atoms with Gasteiger partial charge < -0.3 is 14.5 Å². The summed E-state index contributed by atoms with van der Waals surface area (Å²) >= 11 is 0. The molecule has 0 amide bonds. The maximum atomic E-state index is 5.69. The van der Waals surface area contributed by atoms with E-state index in [1.807, 2.05) is 0 Å². The van der Waals surface area contributed by atoms with Gasteiger partial charge in [-0.15, -0.1) is 0 Å². The Morgan fingerprint density at radius 2 is 2.24 bits per heavy atom. The van der Waals surface area contributed by atoms with Crippen LogP contribution < -0.4 is 5.32 Å². The molecule has 1 aliphatic heterocycles. The number of furan rings is 1. The van der Waals surface area contributed by atoms with Crippen molar-refractivity contribution in [1.82, 2.24) is 10.2 Å². The highest BCUT2D eigenvalue weighted by atomic mass is 16.5. The number of rotatable bonds is 5. The van der Waals surface area contributed by atoms with Crippen molar-refractivity contribution in [2.45, 2.75) is 26.0 Å². The summed E-state index contributed by atoms with van der Waals surface area (Å²) in [6.07, 6.45) is 1.26. The molecule has 4 nitrogen and oxygen atoms in total. The van der Waals surface area contributed by atoms with Gasteiger partial charge in [-0.2, -0.15) is 0 Å². The third-order valence-electron chi connectivity index (χ3n) is 3.01. The molecule has 0 aliphatic carbocycles. The molecule has 0 saturated carbocycles. The largest absolute Gasteiger partial charge is 0.465 e. The van der Waals surface area contributed by atoms with Crippen molar-refractivity contribution >= 4 is 0 Å². The predicted octanol–water partition coefficient (Wildman–Crippen LogP) is 1.26. The van der Waals surface area contributed by atoms with Crippen LogP contribution in [-0.2, 0) is 17.7 Å². The maximum Gasteiger partial charge on any atom is 0.118 e. The zero-order chi connectivity index (χ0) is 12.1. The minimum absolute atomic E-state index is 0.300. The first-order chi connectivity index (χ1) is 8.28. The number of hydrogen-bond acceptors (Lipinski definition) is 4. The average Bonchev–Trinajstić information content (AvgIpc) is 2.78. The molecule has 2 rings (SSSR count). The summed E-state index contributed by atoms with van der Waals surface area (Å²) in [5.74, 6) is 2.09. The maximum absolute atomic E-state index is 5.69. The average molecular weight is 238 g/mol. The first-order valence-corrected chi connectivity index (χ1v) is 6.36. The highest BCUT2D eigenvalue weighted by Gasteiger charge is 2.16. The Hall–Kier alpha value is -0.840. The number of ether oxygens (including phenoxy) is 1. The summed E-state index contributed by atoms with van der Waals surface area (Å²) in [7, 11) is 2.10. The van der Waals surface area contributed by atoms with E-state index in [4.69, 9.17) is 9.15 Å². The van der Waals surface area contributed by atoms with Crippen LogP contribution in [0.4, 0.5) is 0 Å². The normalized spacial score (nSPS) is 21.0. The Kier molecular flexibility index (Phi) is 4.59. The third-order valence-corrected chi connectivity index (χ3v) is 3.01. The van der Waals surface area contributed by atoms with Gasteiger partial charge in [-0.1, -0.05) is 6.92 Å². The summed E-state index contributed by atoms with van der Waals surface area (Å²) in [6, 6.07) is 4.12. The molecule has 0 spiro atoms. The Morgan fingerprint density at radius 1 is 1.41 bits per heavy atom. The van der Waals surface area contributed by atoms with E-state index in [0.29, 0.717) is 6.10 Å². The van der Waals surface area contributed by atoms with Gasteiger partial charge in [0.25, 0.3) is 0 Å². The standard InChI is InChI=1S/C13H22N2O2/c1-3-11-4-5-12(17-11)9-15(2)10-13-8-14-6-7-16-13/h4-5,13-14H,3,6-10H2,1-2H3. The van der Waals surface area contributed by atoms with Crippen LogP contribution in [0.25, 0.3) is 0 Å². The van der Waals surface area contributed by atoms with Crippen molar-refractivity contribution in [3.63, 3.8) is 0 Å². The zero-order valence-electron chi connectivity index (χ0n) is 10.7. The molecule has 1 aromatic rings. The summed E-state index contributed by atoms with van der Waals surface area (Å²) in [5, 5.41) is 3.34. The number of nitrogens with zero attached hydrogens (tertiary/aromatic N) is 1. The topological polar surface area (TPSA) is 37.6 Å². The van der Waals surface area contributed by atoms with Gasteiger partial charge in [-0.05, 0) is 19.2 Å². The van der Waals surface area contributed by atoms with E-state index in [0.717, 1.165) is 50.7 Å². The van der Waals surface area contributed by atoms with Crippen LogP contribution in [0.2, 0.25) is 0 Å². The second-order valence-corrected chi connectivity index (χ2v) is 4.62. The smallest absolute Gasteiger partial charge is 0.118 e. The van der Waals surface area contributed by atoms with Crippen LogP contribution in [0.15, 0.2) is 16.5 Å². The summed E-state index contributed by atoms with van der Waals surface area (Å²) in [4.78, 5) is 2.25. The summed E-state index contributed by atoms with van der Waals surface area (Å²) in [6.45, 7) is 6.63. The van der Waals surface area contributed by atoms with Crippen molar-refractivity contribution in [1.29, 1.82) is 0 Å². The van der Waals surface area contributed by atoms with Gasteiger partial charge in [0.2, 0.25) is 0 Å². The monoisotopic (exact) mass is 238 g/mol. The molecule has 0 radical (unpaired) electrons. The van der Waals surface area contributed by atoms with Crippen LogP contribution in [-0.4, -0.2) is 44.3 Å². The van der Waals surface area contributed by atoms with E-state index in [1.54, 1.807) is 0 Å². The lowest BCUT2D eigenvalue weighted by molar-refractivity contribution is 0.00793. The number of nitrogens with one attached hydrogen (secondary N) is 1. The molecule has 0 bridgehead atoms. The molecular weight excluding hydrogens is 216 g/mol. The molecule has 96 valence electrons. The summed E-state index contributed by atoms with van der Waals surface area (Å²) < 4.78 is 11.4. The van der Waals surface area contributed by atoms with Crippen LogP contribution in [0.3, 0.4) is 0 Å². The van der Waals surface area contributed by atoms with Crippen molar-refractivity contribution in [2.75, 3.05) is 33.3 Å². The fourth-order valence-corrected chi connectivity index (χ4v) is 2.11. The van der Waals surface area contributed by atoms with E-state index in [-0.39, 0.29) is 0 Å². The van der Waals surface area contributed by atoms with Crippen molar-refractivity contribution in [3.8, 4) is 0 Å². The van der Waals surface area contributed by atoms with Crippen LogP contribution >= 0.6 is 0 Å². The number of morpholine rings is 1. The lowest BCUT2D eigenvalue weighted by Gasteiger charge is -2.27. The summed E-state index contributed by atoms with van der Waals surface area (Å²) in [5.41, 5.74) is 0. The van der Waals surface area contributed by atoms with Gasteiger partial charge in [0.15, 0.2) is 0 Å². The molecular formula is C13H22N2O2.